The number of alkyl halides is 3. The van der Waals surface area contributed by atoms with Crippen LogP contribution in [-0.2, 0) is 15.1 Å². The third-order valence-corrected chi connectivity index (χ3v) is 4.65. The van der Waals surface area contributed by atoms with Gasteiger partial charge in [0.15, 0.2) is 0 Å². The summed E-state index contributed by atoms with van der Waals surface area (Å²) in [4.78, 5) is 3.51. The lowest BCUT2D eigenvalue weighted by Crippen LogP contribution is -2.10. The predicted molar refractivity (Wildman–Crippen MR) is 64.5 cm³/mol. The van der Waals surface area contributed by atoms with Gasteiger partial charge in [0, 0.05) is 12.5 Å². The number of nitrogens with zero attached hydrogens (tertiary/aromatic N) is 3. The summed E-state index contributed by atoms with van der Waals surface area (Å²) in [6.45, 7) is 1.58. The van der Waals surface area contributed by atoms with Gasteiger partial charge in [-0.25, -0.2) is 4.21 Å². The second kappa shape index (κ2) is 5.16. The van der Waals surface area contributed by atoms with Crippen molar-refractivity contribution in [2.45, 2.75) is 17.6 Å². The van der Waals surface area contributed by atoms with Crippen LogP contribution in [0.2, 0.25) is 0 Å². The number of halogens is 3. The molecule has 0 spiro atoms. The van der Waals surface area contributed by atoms with Crippen LogP contribution in [0.15, 0.2) is 22.7 Å². The van der Waals surface area contributed by atoms with Gasteiger partial charge in [-0.2, -0.15) is 14.0 Å². The van der Waals surface area contributed by atoms with Crippen LogP contribution in [0.25, 0.3) is 0 Å². The predicted octanol–water partition coefficient (Wildman–Crippen LogP) is 3.01. The third kappa shape index (κ3) is 3.37. The van der Waals surface area contributed by atoms with E-state index >= 15 is 0 Å². The van der Waals surface area contributed by atoms with Crippen molar-refractivity contribution in [1.82, 2.24) is 4.98 Å². The van der Waals surface area contributed by atoms with Gasteiger partial charge >= 0.3 is 5.38 Å². The summed E-state index contributed by atoms with van der Waals surface area (Å²) < 4.78 is 40.8. The van der Waals surface area contributed by atoms with E-state index in [2.05, 4.69) is 9.35 Å². The first-order valence-electron chi connectivity index (χ1n) is 4.80. The summed E-state index contributed by atoms with van der Waals surface area (Å²) in [6, 6.07) is 2.40. The second-order valence-electron chi connectivity index (χ2n) is 3.67. The van der Waals surface area contributed by atoms with E-state index in [-0.39, 0.29) is 0 Å². The molecule has 98 valence electrons. The standard InChI is InChI=1S/C10H10ClF2N3OS/c1-7(18(2,17)16-6-14)8-3-4-9(15-5-8)10(11,12)13/h3-5,7H,1-2H3. The average Bonchev–Trinajstić information content (AvgIpc) is 2.27. The number of rotatable bonds is 3. The molecule has 1 rings (SSSR count). The Kier molecular flexibility index (Phi) is 4.24. The molecule has 2 unspecified atom stereocenters. The van der Waals surface area contributed by atoms with E-state index in [1.165, 1.54) is 18.5 Å². The second-order valence-corrected chi connectivity index (χ2v) is 6.76. The van der Waals surface area contributed by atoms with Gasteiger partial charge in [0.05, 0.1) is 15.0 Å². The van der Waals surface area contributed by atoms with Crippen molar-refractivity contribution >= 4 is 21.3 Å². The molecule has 0 saturated heterocycles. The van der Waals surface area contributed by atoms with E-state index in [9.17, 15) is 13.0 Å². The zero-order valence-electron chi connectivity index (χ0n) is 9.60. The van der Waals surface area contributed by atoms with E-state index in [4.69, 9.17) is 16.9 Å². The SMILES string of the molecule is CC(c1ccc(C(F)(F)Cl)nc1)S(C)(=O)=NC#N. The average molecular weight is 294 g/mol. The first-order valence-corrected chi connectivity index (χ1v) is 7.17. The molecule has 8 heteroatoms. The highest BCUT2D eigenvalue weighted by Crippen LogP contribution is 2.31. The van der Waals surface area contributed by atoms with Crippen molar-refractivity contribution < 1.29 is 13.0 Å². The maximum atomic E-state index is 12.7. The minimum atomic E-state index is -3.54. The maximum Gasteiger partial charge on any atom is 0.364 e. The van der Waals surface area contributed by atoms with Crippen LogP contribution >= 0.6 is 11.6 Å². The fourth-order valence-corrected chi connectivity index (χ4v) is 2.30. The summed E-state index contributed by atoms with van der Waals surface area (Å²) >= 11 is 4.82. The van der Waals surface area contributed by atoms with Gasteiger partial charge in [-0.1, -0.05) is 6.07 Å². The van der Waals surface area contributed by atoms with Crippen LogP contribution in [-0.4, -0.2) is 15.4 Å². The number of aromatic nitrogens is 1. The van der Waals surface area contributed by atoms with Gasteiger partial charge in [-0.15, -0.1) is 4.36 Å². The van der Waals surface area contributed by atoms with E-state index in [0.29, 0.717) is 5.56 Å². The Hall–Kier alpha value is -1.26. The molecule has 2 atom stereocenters. The van der Waals surface area contributed by atoms with Crippen LogP contribution in [0.3, 0.4) is 0 Å². The third-order valence-electron chi connectivity index (χ3n) is 2.42. The van der Waals surface area contributed by atoms with Crippen molar-refractivity contribution in [1.29, 1.82) is 5.26 Å². The summed E-state index contributed by atoms with van der Waals surface area (Å²) in [7, 11) is -2.76. The van der Waals surface area contributed by atoms with E-state index in [0.717, 1.165) is 12.3 Å². The number of nitriles is 1. The normalized spacial score (nSPS) is 16.4. The molecule has 0 fully saturated rings. The van der Waals surface area contributed by atoms with Crippen LogP contribution in [0.5, 0.6) is 0 Å². The molecule has 0 aliphatic carbocycles. The Morgan fingerprint density at radius 3 is 2.61 bits per heavy atom. The van der Waals surface area contributed by atoms with Gasteiger partial charge < -0.3 is 0 Å². The fourth-order valence-electron chi connectivity index (χ4n) is 1.23. The van der Waals surface area contributed by atoms with Crippen LogP contribution in [0.4, 0.5) is 8.78 Å². The summed E-state index contributed by atoms with van der Waals surface area (Å²) in [5.74, 6) is 0. The van der Waals surface area contributed by atoms with Crippen molar-refractivity contribution in [3.8, 4) is 6.19 Å². The zero-order valence-corrected chi connectivity index (χ0v) is 11.2. The molecule has 0 amide bonds. The van der Waals surface area contributed by atoms with Gasteiger partial charge in [-0.3, -0.25) is 4.98 Å². The zero-order chi connectivity index (χ0) is 14.0. The quantitative estimate of drug-likeness (QED) is 0.635. The van der Waals surface area contributed by atoms with E-state index in [1.807, 2.05) is 0 Å². The molecule has 0 radical (unpaired) electrons. The lowest BCUT2D eigenvalue weighted by atomic mass is 10.2. The lowest BCUT2D eigenvalue weighted by molar-refractivity contribution is 0.0900. The van der Waals surface area contributed by atoms with E-state index < -0.39 is 26.1 Å². The number of hydrogen-bond donors (Lipinski definition) is 0. The maximum absolute atomic E-state index is 12.7. The highest BCUT2D eigenvalue weighted by atomic mass is 35.5. The molecule has 1 aromatic rings. The van der Waals surface area contributed by atoms with Crippen molar-refractivity contribution in [2.24, 2.45) is 4.36 Å². The monoisotopic (exact) mass is 293 g/mol. The van der Waals surface area contributed by atoms with Crippen molar-refractivity contribution in [3.05, 3.63) is 29.6 Å². The first-order chi connectivity index (χ1) is 8.18. The fraction of sp³-hybridized carbons (Fsp3) is 0.400. The summed E-state index contributed by atoms with van der Waals surface area (Å²) in [5, 5.41) is 4.29. The number of hydrogen-bond acceptors (Lipinski definition) is 4. The van der Waals surface area contributed by atoms with Crippen molar-refractivity contribution in [3.63, 3.8) is 0 Å². The van der Waals surface area contributed by atoms with Crippen LogP contribution in [0.1, 0.15) is 23.4 Å². The van der Waals surface area contributed by atoms with Gasteiger partial charge in [-0.05, 0) is 30.2 Å². The minimum absolute atomic E-state index is 0.450. The van der Waals surface area contributed by atoms with Crippen molar-refractivity contribution in [2.75, 3.05) is 6.26 Å². The molecular weight excluding hydrogens is 284 g/mol. The molecule has 4 nitrogen and oxygen atoms in total. The molecule has 1 aromatic heterocycles. The van der Waals surface area contributed by atoms with Crippen LogP contribution in [0, 0.1) is 11.5 Å². The van der Waals surface area contributed by atoms with Gasteiger partial charge in [0.2, 0.25) is 6.19 Å². The molecule has 18 heavy (non-hydrogen) atoms. The summed E-state index contributed by atoms with van der Waals surface area (Å²) in [6.07, 6.45) is 3.97. The summed E-state index contributed by atoms with van der Waals surface area (Å²) in [5.41, 5.74) is -0.133. The Balaban J connectivity index is 3.12. The topological polar surface area (TPSA) is 66.1 Å². The molecule has 0 N–H and O–H groups in total. The number of pyridine rings is 1. The largest absolute Gasteiger partial charge is 0.364 e. The van der Waals surface area contributed by atoms with Crippen LogP contribution < -0.4 is 0 Å². The van der Waals surface area contributed by atoms with Gasteiger partial charge in [0.25, 0.3) is 0 Å². The minimum Gasteiger partial charge on any atom is -0.253 e. The molecule has 0 aliphatic rings. The first kappa shape index (κ1) is 14.8. The molecule has 1 heterocycles. The highest BCUT2D eigenvalue weighted by Gasteiger charge is 2.29. The molecule has 0 bridgehead atoms. The van der Waals surface area contributed by atoms with Gasteiger partial charge in [0.1, 0.15) is 5.69 Å². The lowest BCUT2D eigenvalue weighted by Gasteiger charge is -2.13. The molecule has 0 saturated carbocycles. The molecule has 0 aromatic carbocycles. The van der Waals surface area contributed by atoms with E-state index in [1.54, 1.807) is 6.92 Å². The molecular formula is C10H10ClF2N3OS. The Morgan fingerprint density at radius 1 is 1.61 bits per heavy atom. The Bertz CT molecular complexity index is 583. The molecule has 0 aliphatic heterocycles. The highest BCUT2D eigenvalue weighted by molar-refractivity contribution is 7.93. The smallest absolute Gasteiger partial charge is 0.253 e. The Labute approximate surface area is 109 Å². The Morgan fingerprint density at radius 2 is 2.22 bits per heavy atom.